The minimum Gasteiger partial charge on any atom is -0.377 e. The van der Waals surface area contributed by atoms with Gasteiger partial charge in [-0.1, -0.05) is 6.07 Å². The molecule has 1 amide bonds. The normalized spacial score (nSPS) is 15.7. The Kier molecular flexibility index (Phi) is 5.78. The van der Waals surface area contributed by atoms with Crippen molar-refractivity contribution in [2.75, 3.05) is 39.3 Å². The summed E-state index contributed by atoms with van der Waals surface area (Å²) in [6.07, 6.45) is 3.77. The van der Waals surface area contributed by atoms with E-state index in [0.717, 1.165) is 26.2 Å². The Morgan fingerprint density at radius 2 is 2.00 bits per heavy atom. The number of aromatic nitrogens is 3. The van der Waals surface area contributed by atoms with Gasteiger partial charge in [-0.25, -0.2) is 9.67 Å². The van der Waals surface area contributed by atoms with E-state index in [0.29, 0.717) is 24.6 Å². The van der Waals surface area contributed by atoms with Crippen LogP contribution in [0, 0.1) is 0 Å². The highest BCUT2D eigenvalue weighted by molar-refractivity contribution is 5.92. The summed E-state index contributed by atoms with van der Waals surface area (Å²) in [6, 6.07) is 7.28. The van der Waals surface area contributed by atoms with Crippen LogP contribution in [0.4, 0.5) is 0 Å². The van der Waals surface area contributed by atoms with Gasteiger partial charge in [-0.15, -0.1) is 0 Å². The summed E-state index contributed by atoms with van der Waals surface area (Å²) >= 11 is 0. The fourth-order valence-corrected chi connectivity index (χ4v) is 2.83. The van der Waals surface area contributed by atoms with Gasteiger partial charge in [0, 0.05) is 45.1 Å². The largest absolute Gasteiger partial charge is 0.377 e. The molecule has 1 aliphatic rings. The summed E-state index contributed by atoms with van der Waals surface area (Å²) in [5, 5.41) is 4.16. The average Bonchev–Trinajstić information content (AvgIpc) is 3.16. The van der Waals surface area contributed by atoms with E-state index in [1.54, 1.807) is 16.9 Å². The third-order valence-electron chi connectivity index (χ3n) is 4.21. The number of amides is 1. The van der Waals surface area contributed by atoms with Crippen LogP contribution < -0.4 is 0 Å². The molecule has 1 aliphatic heterocycles. The summed E-state index contributed by atoms with van der Waals surface area (Å²) in [5.74, 6) is 0.632. The molecule has 2 aromatic rings. The minimum atomic E-state index is -0.0212. The Bertz CT molecular complexity index is 679. The molecule has 0 saturated carbocycles. The molecule has 3 rings (SSSR count). The topological polar surface area (TPSA) is 63.5 Å². The van der Waals surface area contributed by atoms with E-state index in [1.165, 1.54) is 0 Å². The smallest absolute Gasteiger partial charge is 0.272 e. The van der Waals surface area contributed by atoms with Gasteiger partial charge in [0.05, 0.1) is 12.7 Å². The summed E-state index contributed by atoms with van der Waals surface area (Å²) in [6.45, 7) is 8.90. The van der Waals surface area contributed by atoms with Gasteiger partial charge in [0.1, 0.15) is 5.69 Å². The van der Waals surface area contributed by atoms with E-state index < -0.39 is 0 Å². The molecule has 3 heterocycles. The Morgan fingerprint density at radius 3 is 2.68 bits per heavy atom. The minimum absolute atomic E-state index is 0.0212. The molecule has 0 radical (unpaired) electrons. The molecule has 2 aromatic heterocycles. The fraction of sp³-hybridized carbons (Fsp3) is 0.500. The first-order chi connectivity index (χ1) is 12.1. The molecule has 0 bridgehead atoms. The van der Waals surface area contributed by atoms with Gasteiger partial charge in [0.15, 0.2) is 5.82 Å². The van der Waals surface area contributed by atoms with E-state index in [1.807, 2.05) is 43.1 Å². The second-order valence-corrected chi connectivity index (χ2v) is 6.39. The Labute approximate surface area is 148 Å². The van der Waals surface area contributed by atoms with E-state index in [-0.39, 0.29) is 12.0 Å². The monoisotopic (exact) mass is 343 g/mol. The van der Waals surface area contributed by atoms with Gasteiger partial charge < -0.3 is 9.64 Å². The maximum atomic E-state index is 12.7. The molecule has 134 valence electrons. The van der Waals surface area contributed by atoms with Crippen molar-refractivity contribution in [1.29, 1.82) is 0 Å². The van der Waals surface area contributed by atoms with Gasteiger partial charge >= 0.3 is 0 Å². The van der Waals surface area contributed by atoms with Crippen LogP contribution in [0.3, 0.4) is 0 Å². The van der Waals surface area contributed by atoms with Crippen LogP contribution in [0.2, 0.25) is 0 Å². The Morgan fingerprint density at radius 1 is 1.20 bits per heavy atom. The molecule has 7 heteroatoms. The van der Waals surface area contributed by atoms with Crippen molar-refractivity contribution in [2.24, 2.45) is 0 Å². The predicted octanol–water partition coefficient (Wildman–Crippen LogP) is 1.45. The maximum Gasteiger partial charge on any atom is 0.272 e. The molecule has 0 unspecified atom stereocenters. The van der Waals surface area contributed by atoms with Gasteiger partial charge in [0.25, 0.3) is 5.91 Å². The highest BCUT2D eigenvalue weighted by Crippen LogP contribution is 2.10. The van der Waals surface area contributed by atoms with Crippen molar-refractivity contribution in [3.63, 3.8) is 0 Å². The van der Waals surface area contributed by atoms with Crippen LogP contribution in [0.15, 0.2) is 36.7 Å². The summed E-state index contributed by atoms with van der Waals surface area (Å²) < 4.78 is 7.25. The number of rotatable bonds is 6. The zero-order chi connectivity index (χ0) is 17.6. The lowest BCUT2D eigenvalue weighted by Gasteiger charge is -2.34. The lowest BCUT2D eigenvalue weighted by Crippen LogP contribution is -2.49. The molecule has 0 aliphatic carbocycles. The van der Waals surface area contributed by atoms with Crippen LogP contribution in [0.5, 0.6) is 0 Å². The molecular weight excluding hydrogens is 318 g/mol. The number of carbonyl (C=O) groups is 1. The van der Waals surface area contributed by atoms with Gasteiger partial charge in [-0.05, 0) is 32.0 Å². The van der Waals surface area contributed by atoms with Crippen LogP contribution in [0.25, 0.3) is 5.82 Å². The molecule has 0 N–H and O–H groups in total. The number of hydrogen-bond acceptors (Lipinski definition) is 5. The summed E-state index contributed by atoms with van der Waals surface area (Å²) in [7, 11) is 0. The third kappa shape index (κ3) is 4.64. The zero-order valence-corrected chi connectivity index (χ0v) is 14.8. The number of piperazine rings is 1. The zero-order valence-electron chi connectivity index (χ0n) is 14.8. The van der Waals surface area contributed by atoms with E-state index >= 15 is 0 Å². The number of nitrogens with zero attached hydrogens (tertiary/aromatic N) is 5. The Balaban J connectivity index is 1.55. The number of hydrogen-bond donors (Lipinski definition) is 0. The van der Waals surface area contributed by atoms with Gasteiger partial charge in [0.2, 0.25) is 0 Å². The van der Waals surface area contributed by atoms with Crippen LogP contribution in [-0.4, -0.2) is 75.9 Å². The van der Waals surface area contributed by atoms with Gasteiger partial charge in [-0.3, -0.25) is 9.69 Å². The highest BCUT2D eigenvalue weighted by Gasteiger charge is 2.23. The van der Waals surface area contributed by atoms with Crippen LogP contribution >= 0.6 is 0 Å². The highest BCUT2D eigenvalue weighted by atomic mass is 16.5. The quantitative estimate of drug-likeness (QED) is 0.794. The predicted molar refractivity (Wildman–Crippen MR) is 94.8 cm³/mol. The Hall–Kier alpha value is -2.25. The van der Waals surface area contributed by atoms with Crippen LogP contribution in [-0.2, 0) is 4.74 Å². The van der Waals surface area contributed by atoms with Crippen LogP contribution in [0.1, 0.15) is 24.3 Å². The van der Waals surface area contributed by atoms with E-state index in [2.05, 4.69) is 15.0 Å². The lowest BCUT2D eigenvalue weighted by atomic mass is 10.2. The van der Waals surface area contributed by atoms with Crippen molar-refractivity contribution >= 4 is 5.91 Å². The molecule has 0 aromatic carbocycles. The lowest BCUT2D eigenvalue weighted by molar-refractivity contribution is 0.0404. The molecule has 1 saturated heterocycles. The van der Waals surface area contributed by atoms with E-state index in [4.69, 9.17) is 4.74 Å². The first-order valence-electron chi connectivity index (χ1n) is 8.74. The fourth-order valence-electron chi connectivity index (χ4n) is 2.83. The molecule has 0 spiro atoms. The van der Waals surface area contributed by atoms with E-state index in [9.17, 15) is 4.79 Å². The van der Waals surface area contributed by atoms with Crippen molar-refractivity contribution in [3.8, 4) is 5.82 Å². The summed E-state index contributed by atoms with van der Waals surface area (Å²) in [5.41, 5.74) is 0.463. The van der Waals surface area contributed by atoms with Crippen molar-refractivity contribution < 1.29 is 9.53 Å². The van der Waals surface area contributed by atoms with Gasteiger partial charge in [-0.2, -0.15) is 5.10 Å². The third-order valence-corrected chi connectivity index (χ3v) is 4.21. The molecule has 0 atom stereocenters. The first-order valence-corrected chi connectivity index (χ1v) is 8.74. The van der Waals surface area contributed by atoms with Crippen molar-refractivity contribution in [2.45, 2.75) is 20.0 Å². The number of carbonyl (C=O) groups excluding carboxylic acids is 1. The van der Waals surface area contributed by atoms with Crippen molar-refractivity contribution in [1.82, 2.24) is 24.6 Å². The standard InChI is InChI=1S/C18H25N5O2/c1-15(2)25-14-13-21-9-11-22(12-10-21)18(24)16-5-3-6-17(20-16)23-8-4-7-19-23/h3-8,15H,9-14H2,1-2H3. The molecular formula is C18H25N5O2. The number of ether oxygens (including phenoxy) is 1. The SMILES string of the molecule is CC(C)OCCN1CCN(C(=O)c2cccc(-n3cccn3)n2)CC1. The maximum absolute atomic E-state index is 12.7. The van der Waals surface area contributed by atoms with Crippen molar-refractivity contribution in [3.05, 3.63) is 42.4 Å². The summed E-state index contributed by atoms with van der Waals surface area (Å²) in [4.78, 5) is 21.4. The molecule has 25 heavy (non-hydrogen) atoms. The second kappa shape index (κ2) is 8.22. The number of pyridine rings is 1. The molecule has 1 fully saturated rings. The second-order valence-electron chi connectivity index (χ2n) is 6.39. The molecule has 7 nitrogen and oxygen atoms in total. The average molecular weight is 343 g/mol. The first kappa shape index (κ1) is 17.6.